The zero-order chi connectivity index (χ0) is 13.9. The Bertz CT molecular complexity index is 516. The zero-order valence-corrected chi connectivity index (χ0v) is 11.7. The van der Waals surface area contributed by atoms with E-state index in [2.05, 4.69) is 10.0 Å². The van der Waals surface area contributed by atoms with Crippen molar-refractivity contribution in [3.05, 3.63) is 35.6 Å². The highest BCUT2D eigenvalue weighted by atomic mass is 32.2. The van der Waals surface area contributed by atoms with E-state index < -0.39 is 10.0 Å². The van der Waals surface area contributed by atoms with Crippen molar-refractivity contribution in [3.63, 3.8) is 0 Å². The van der Waals surface area contributed by atoms with Gasteiger partial charge in [-0.2, -0.15) is 0 Å². The first kappa shape index (κ1) is 14.4. The average molecular weight is 286 g/mol. The molecule has 4 nitrogen and oxygen atoms in total. The van der Waals surface area contributed by atoms with Crippen LogP contribution in [0.3, 0.4) is 0 Å². The van der Waals surface area contributed by atoms with Crippen molar-refractivity contribution in [1.82, 2.24) is 10.0 Å². The Hall–Kier alpha value is -0.980. The second-order valence-corrected chi connectivity index (χ2v) is 6.75. The van der Waals surface area contributed by atoms with Crippen LogP contribution in [0.15, 0.2) is 24.3 Å². The minimum atomic E-state index is -3.39. The van der Waals surface area contributed by atoms with Crippen LogP contribution in [-0.4, -0.2) is 27.0 Å². The van der Waals surface area contributed by atoms with Crippen molar-refractivity contribution >= 4 is 10.0 Å². The number of nitrogens with one attached hydrogen (secondary N) is 2. The minimum absolute atomic E-state index is 0.0702. The van der Waals surface area contributed by atoms with Gasteiger partial charge >= 0.3 is 0 Å². The van der Waals surface area contributed by atoms with Gasteiger partial charge in [-0.25, -0.2) is 17.5 Å². The van der Waals surface area contributed by atoms with E-state index >= 15 is 0 Å². The molecule has 1 aromatic carbocycles. The van der Waals surface area contributed by atoms with Crippen molar-refractivity contribution in [2.45, 2.75) is 37.6 Å². The van der Waals surface area contributed by atoms with Gasteiger partial charge in [0.1, 0.15) is 5.82 Å². The molecule has 0 radical (unpaired) electrons. The van der Waals surface area contributed by atoms with Gasteiger partial charge in [0.25, 0.3) is 0 Å². The molecule has 0 amide bonds. The van der Waals surface area contributed by atoms with Crippen LogP contribution in [-0.2, 0) is 15.8 Å². The van der Waals surface area contributed by atoms with E-state index in [9.17, 15) is 12.8 Å². The van der Waals surface area contributed by atoms with Crippen LogP contribution in [0.1, 0.15) is 25.3 Å². The second-order valence-electron chi connectivity index (χ2n) is 4.99. The fraction of sp³-hybridized carbons (Fsp3) is 0.538. The minimum Gasteiger partial charge on any atom is -0.313 e. The highest BCUT2D eigenvalue weighted by Crippen LogP contribution is 2.12. The third-order valence-corrected chi connectivity index (χ3v) is 4.74. The lowest BCUT2D eigenvalue weighted by Gasteiger charge is -2.30. The van der Waals surface area contributed by atoms with E-state index in [1.54, 1.807) is 0 Å². The van der Waals surface area contributed by atoms with Crippen molar-refractivity contribution in [1.29, 1.82) is 0 Å². The Kier molecular flexibility index (Phi) is 4.54. The molecular formula is C13H19FN2O2S. The molecular weight excluding hydrogens is 267 g/mol. The molecule has 2 N–H and O–H groups in total. The average Bonchev–Trinajstić information content (AvgIpc) is 2.35. The number of rotatable bonds is 4. The maximum atomic E-state index is 12.8. The van der Waals surface area contributed by atoms with Crippen LogP contribution in [0.2, 0.25) is 0 Å². The smallest absolute Gasteiger partial charge is 0.216 e. The van der Waals surface area contributed by atoms with Gasteiger partial charge in [0, 0.05) is 12.1 Å². The predicted molar refractivity (Wildman–Crippen MR) is 72.6 cm³/mol. The van der Waals surface area contributed by atoms with Gasteiger partial charge in [-0.3, -0.25) is 0 Å². The quantitative estimate of drug-likeness (QED) is 0.879. The molecule has 1 saturated heterocycles. The lowest BCUT2D eigenvalue weighted by molar-refractivity contribution is 0.348. The van der Waals surface area contributed by atoms with E-state index in [0.29, 0.717) is 5.56 Å². The fourth-order valence-corrected chi connectivity index (χ4v) is 3.78. The van der Waals surface area contributed by atoms with Gasteiger partial charge in [0.05, 0.1) is 5.75 Å². The molecule has 106 valence electrons. The van der Waals surface area contributed by atoms with Crippen LogP contribution >= 0.6 is 0 Å². The summed E-state index contributed by atoms with van der Waals surface area (Å²) in [4.78, 5) is 0. The van der Waals surface area contributed by atoms with Crippen LogP contribution < -0.4 is 10.0 Å². The number of benzene rings is 1. The molecule has 1 aromatic rings. The Labute approximate surface area is 113 Å². The van der Waals surface area contributed by atoms with E-state index in [0.717, 1.165) is 19.4 Å². The van der Waals surface area contributed by atoms with Crippen LogP contribution in [0.4, 0.5) is 4.39 Å². The molecule has 2 rings (SSSR count). The van der Waals surface area contributed by atoms with Gasteiger partial charge < -0.3 is 5.32 Å². The molecule has 0 spiro atoms. The topological polar surface area (TPSA) is 58.2 Å². The van der Waals surface area contributed by atoms with Gasteiger partial charge in [0.2, 0.25) is 10.0 Å². The van der Waals surface area contributed by atoms with Gasteiger partial charge in [-0.1, -0.05) is 12.1 Å². The lowest BCUT2D eigenvalue weighted by atomic mass is 10.0. The first-order chi connectivity index (χ1) is 8.96. The lowest BCUT2D eigenvalue weighted by Crippen LogP contribution is -2.52. The summed E-state index contributed by atoms with van der Waals surface area (Å²) in [5, 5.41) is 3.25. The molecule has 19 heavy (non-hydrogen) atoms. The molecule has 2 atom stereocenters. The van der Waals surface area contributed by atoms with E-state index in [1.807, 2.05) is 6.92 Å². The van der Waals surface area contributed by atoms with E-state index in [-0.39, 0.29) is 23.7 Å². The zero-order valence-electron chi connectivity index (χ0n) is 10.9. The summed E-state index contributed by atoms with van der Waals surface area (Å²) in [5.74, 6) is -0.476. The maximum Gasteiger partial charge on any atom is 0.216 e. The molecule has 1 fully saturated rings. The third-order valence-electron chi connectivity index (χ3n) is 3.36. The number of piperidine rings is 1. The number of hydrogen-bond donors (Lipinski definition) is 2. The molecule has 1 aliphatic heterocycles. The number of halogens is 1. The summed E-state index contributed by atoms with van der Waals surface area (Å²) >= 11 is 0. The van der Waals surface area contributed by atoms with Crippen molar-refractivity contribution < 1.29 is 12.8 Å². The van der Waals surface area contributed by atoms with Crippen molar-refractivity contribution in [2.24, 2.45) is 0 Å². The molecule has 1 aliphatic rings. The van der Waals surface area contributed by atoms with Crippen LogP contribution in [0.5, 0.6) is 0 Å². The van der Waals surface area contributed by atoms with Crippen molar-refractivity contribution in [3.8, 4) is 0 Å². The third kappa shape index (κ3) is 4.26. The molecule has 0 saturated carbocycles. The highest BCUT2D eigenvalue weighted by molar-refractivity contribution is 7.88. The summed E-state index contributed by atoms with van der Waals surface area (Å²) < 4.78 is 39.6. The Morgan fingerprint density at radius 2 is 2.05 bits per heavy atom. The maximum absolute atomic E-state index is 12.8. The summed E-state index contributed by atoms with van der Waals surface area (Å²) in [6, 6.07) is 5.61. The SMILES string of the molecule is CC1NCCCC1NS(=O)(=O)Cc1ccc(F)cc1. The Morgan fingerprint density at radius 3 is 2.68 bits per heavy atom. The predicted octanol–water partition coefficient (Wildman–Crippen LogP) is 1.39. The van der Waals surface area contributed by atoms with Crippen molar-refractivity contribution in [2.75, 3.05) is 6.54 Å². The van der Waals surface area contributed by atoms with E-state index in [1.165, 1.54) is 24.3 Å². The standard InChI is InChI=1S/C13H19FN2O2S/c1-10-13(3-2-8-15-10)16-19(17,18)9-11-4-6-12(14)7-5-11/h4-7,10,13,15-16H,2-3,8-9H2,1H3. The normalized spacial score (nSPS) is 24.3. The molecule has 0 bridgehead atoms. The summed E-state index contributed by atoms with van der Waals surface area (Å²) in [6.45, 7) is 2.90. The van der Waals surface area contributed by atoms with E-state index in [4.69, 9.17) is 0 Å². The first-order valence-corrected chi connectivity index (χ1v) is 8.09. The molecule has 6 heteroatoms. The molecule has 0 aliphatic carbocycles. The van der Waals surface area contributed by atoms with Gasteiger partial charge in [0.15, 0.2) is 0 Å². The highest BCUT2D eigenvalue weighted by Gasteiger charge is 2.25. The largest absolute Gasteiger partial charge is 0.313 e. The number of sulfonamides is 1. The van der Waals surface area contributed by atoms with Crippen LogP contribution in [0.25, 0.3) is 0 Å². The number of hydrogen-bond acceptors (Lipinski definition) is 3. The van der Waals surface area contributed by atoms with Crippen LogP contribution in [0, 0.1) is 5.82 Å². The molecule has 0 aromatic heterocycles. The summed E-state index contributed by atoms with van der Waals surface area (Å²) in [6.07, 6.45) is 1.81. The fourth-order valence-electron chi connectivity index (χ4n) is 2.28. The monoisotopic (exact) mass is 286 g/mol. The second kappa shape index (κ2) is 5.98. The first-order valence-electron chi connectivity index (χ1n) is 6.44. The Morgan fingerprint density at radius 1 is 1.37 bits per heavy atom. The summed E-state index contributed by atoms with van der Waals surface area (Å²) in [7, 11) is -3.39. The summed E-state index contributed by atoms with van der Waals surface area (Å²) in [5.41, 5.74) is 0.588. The molecule has 2 unspecified atom stereocenters. The molecule has 1 heterocycles. The van der Waals surface area contributed by atoms with Gasteiger partial charge in [-0.15, -0.1) is 0 Å². The van der Waals surface area contributed by atoms with Gasteiger partial charge in [-0.05, 0) is 44.0 Å². The Balaban J connectivity index is 2.00.